The normalized spacial score (nSPS) is 11.2. The predicted molar refractivity (Wildman–Crippen MR) is 132 cm³/mol. The number of nitrogen functional groups attached to an aromatic ring is 1. The van der Waals surface area contributed by atoms with Gasteiger partial charge in [0.15, 0.2) is 5.69 Å². The number of carbonyl (C=O) groups excluding carboxylic acids is 2. The Kier molecular flexibility index (Phi) is 8.62. The number of aryl methyl sites for hydroxylation is 2. The minimum Gasteiger partial charge on any atom is -0.383 e. The van der Waals surface area contributed by atoms with Crippen molar-refractivity contribution >= 4 is 29.0 Å². The smallest absolute Gasteiger partial charge is 0.330 e. The second-order valence-corrected chi connectivity index (χ2v) is 9.32. The van der Waals surface area contributed by atoms with Gasteiger partial charge in [0.25, 0.3) is 5.56 Å². The number of carbonyl (C=O) groups is 2. The summed E-state index contributed by atoms with van der Waals surface area (Å²) in [5.74, 6) is -0.629. The van der Waals surface area contributed by atoms with Crippen LogP contribution in [-0.2, 0) is 16.1 Å². The Hall–Kier alpha value is -3.36. The number of hydrogen-bond acceptors (Lipinski definition) is 5. The molecule has 0 spiro atoms. The fraction of sp³-hybridized carbons (Fsp3) is 0.500. The SMILES string of the molecule is Cc1cc(C)cc(NC(=O)CCC(=O)N(CC(C)C)c2c(N)n(CC(C)C)c(=O)[nH]c2=O)c1. The summed E-state index contributed by atoms with van der Waals surface area (Å²) in [5.41, 5.74) is 7.54. The summed E-state index contributed by atoms with van der Waals surface area (Å²) in [4.78, 5) is 54.1. The zero-order valence-electron chi connectivity index (χ0n) is 20.3. The lowest BCUT2D eigenvalue weighted by molar-refractivity contribution is -0.122. The number of nitrogens with zero attached hydrogens (tertiary/aromatic N) is 2. The second kappa shape index (κ2) is 11.0. The summed E-state index contributed by atoms with van der Waals surface area (Å²) in [6, 6.07) is 5.72. The molecule has 0 saturated carbocycles. The first-order valence-corrected chi connectivity index (χ1v) is 11.2. The van der Waals surface area contributed by atoms with E-state index in [1.54, 1.807) is 0 Å². The number of hydrogen-bond donors (Lipinski definition) is 3. The highest BCUT2D eigenvalue weighted by atomic mass is 16.2. The molecule has 9 nitrogen and oxygen atoms in total. The lowest BCUT2D eigenvalue weighted by Gasteiger charge is -2.26. The van der Waals surface area contributed by atoms with Gasteiger partial charge in [-0.15, -0.1) is 0 Å². The summed E-state index contributed by atoms with van der Waals surface area (Å²) in [5, 5.41) is 2.81. The van der Waals surface area contributed by atoms with E-state index in [4.69, 9.17) is 5.73 Å². The van der Waals surface area contributed by atoms with Gasteiger partial charge in [-0.25, -0.2) is 4.79 Å². The minimum atomic E-state index is -0.716. The number of aromatic nitrogens is 2. The number of amides is 2. The fourth-order valence-corrected chi connectivity index (χ4v) is 3.69. The van der Waals surface area contributed by atoms with Gasteiger partial charge in [0.1, 0.15) is 5.82 Å². The van der Waals surface area contributed by atoms with E-state index in [2.05, 4.69) is 10.3 Å². The van der Waals surface area contributed by atoms with Crippen LogP contribution in [0.1, 0.15) is 51.7 Å². The maximum atomic E-state index is 13.1. The molecule has 9 heteroatoms. The molecule has 1 aromatic heterocycles. The molecular weight excluding hydrogens is 422 g/mol. The van der Waals surface area contributed by atoms with Crippen LogP contribution < -0.4 is 27.2 Å². The van der Waals surface area contributed by atoms with Crippen molar-refractivity contribution in [2.45, 2.75) is 60.9 Å². The minimum absolute atomic E-state index is 0.0299. The molecule has 0 saturated heterocycles. The van der Waals surface area contributed by atoms with E-state index in [0.717, 1.165) is 11.1 Å². The molecule has 2 amide bonds. The molecule has 0 unspecified atom stereocenters. The summed E-state index contributed by atoms with van der Waals surface area (Å²) in [7, 11) is 0. The number of nitrogens with one attached hydrogen (secondary N) is 2. The van der Waals surface area contributed by atoms with Gasteiger partial charge in [0.05, 0.1) is 0 Å². The van der Waals surface area contributed by atoms with Crippen LogP contribution >= 0.6 is 0 Å². The molecule has 0 atom stereocenters. The van der Waals surface area contributed by atoms with Crippen molar-refractivity contribution in [3.8, 4) is 0 Å². The third-order valence-corrected chi connectivity index (χ3v) is 4.95. The highest BCUT2D eigenvalue weighted by molar-refractivity contribution is 5.99. The van der Waals surface area contributed by atoms with Crippen LogP contribution in [0.4, 0.5) is 17.2 Å². The van der Waals surface area contributed by atoms with Crippen molar-refractivity contribution in [2.24, 2.45) is 11.8 Å². The average Bonchev–Trinajstić information content (AvgIpc) is 2.67. The highest BCUT2D eigenvalue weighted by Crippen LogP contribution is 2.21. The zero-order chi connectivity index (χ0) is 24.9. The lowest BCUT2D eigenvalue weighted by Crippen LogP contribution is -2.43. The summed E-state index contributed by atoms with van der Waals surface area (Å²) in [6.45, 7) is 12.1. The van der Waals surface area contributed by atoms with Crippen LogP contribution in [0.5, 0.6) is 0 Å². The van der Waals surface area contributed by atoms with E-state index in [9.17, 15) is 19.2 Å². The highest BCUT2D eigenvalue weighted by Gasteiger charge is 2.25. The topological polar surface area (TPSA) is 130 Å². The van der Waals surface area contributed by atoms with Crippen molar-refractivity contribution in [1.82, 2.24) is 9.55 Å². The van der Waals surface area contributed by atoms with Crippen LogP contribution in [-0.4, -0.2) is 27.9 Å². The van der Waals surface area contributed by atoms with Gasteiger partial charge in [-0.05, 0) is 48.9 Å². The molecule has 1 heterocycles. The Balaban J connectivity index is 2.26. The summed E-state index contributed by atoms with van der Waals surface area (Å²) < 4.78 is 1.27. The van der Waals surface area contributed by atoms with Gasteiger partial charge >= 0.3 is 5.69 Å². The molecule has 2 aromatic rings. The van der Waals surface area contributed by atoms with E-state index in [1.165, 1.54) is 9.47 Å². The Morgan fingerprint density at radius 3 is 2.18 bits per heavy atom. The molecule has 1 aromatic carbocycles. The Morgan fingerprint density at radius 1 is 1.03 bits per heavy atom. The molecular formula is C24H35N5O4. The monoisotopic (exact) mass is 457 g/mol. The van der Waals surface area contributed by atoms with E-state index < -0.39 is 17.2 Å². The predicted octanol–water partition coefficient (Wildman–Crippen LogP) is 2.80. The largest absolute Gasteiger partial charge is 0.383 e. The molecule has 2 rings (SSSR count). The number of rotatable bonds is 9. The molecule has 0 aliphatic rings. The molecule has 33 heavy (non-hydrogen) atoms. The molecule has 0 radical (unpaired) electrons. The first-order valence-electron chi connectivity index (χ1n) is 11.2. The first kappa shape index (κ1) is 25.9. The quantitative estimate of drug-likeness (QED) is 0.533. The zero-order valence-corrected chi connectivity index (χ0v) is 20.3. The fourth-order valence-electron chi connectivity index (χ4n) is 3.69. The van der Waals surface area contributed by atoms with Gasteiger partial charge < -0.3 is 16.0 Å². The maximum Gasteiger partial charge on any atom is 0.330 e. The Labute approximate surface area is 194 Å². The van der Waals surface area contributed by atoms with Crippen LogP contribution in [0, 0.1) is 25.7 Å². The summed E-state index contributed by atoms with van der Waals surface area (Å²) in [6.07, 6.45) is -0.157. The van der Waals surface area contributed by atoms with Crippen LogP contribution in [0.25, 0.3) is 0 Å². The Morgan fingerprint density at radius 2 is 1.64 bits per heavy atom. The number of anilines is 3. The standard InChI is InChI=1S/C24H35N5O4/c1-14(2)12-28(21-22(25)29(13-15(3)4)24(33)27-23(21)32)20(31)8-7-19(30)26-18-10-16(5)9-17(6)11-18/h9-11,14-15H,7-8,12-13,25H2,1-6H3,(H,26,30)(H,27,32,33). The number of nitrogens with two attached hydrogens (primary N) is 1. The van der Waals surface area contributed by atoms with Crippen molar-refractivity contribution in [3.63, 3.8) is 0 Å². The number of aromatic amines is 1. The third-order valence-electron chi connectivity index (χ3n) is 4.95. The molecule has 0 aliphatic carbocycles. The van der Waals surface area contributed by atoms with E-state index >= 15 is 0 Å². The van der Waals surface area contributed by atoms with Gasteiger partial charge in [-0.3, -0.25) is 23.9 Å². The third kappa shape index (κ3) is 7.06. The molecule has 180 valence electrons. The van der Waals surface area contributed by atoms with Crippen molar-refractivity contribution < 1.29 is 9.59 Å². The van der Waals surface area contributed by atoms with E-state index in [0.29, 0.717) is 12.2 Å². The second-order valence-electron chi connectivity index (χ2n) is 9.32. The molecule has 0 aliphatic heterocycles. The first-order chi connectivity index (χ1) is 15.4. The summed E-state index contributed by atoms with van der Waals surface area (Å²) >= 11 is 0. The van der Waals surface area contributed by atoms with Gasteiger partial charge in [0, 0.05) is 31.6 Å². The van der Waals surface area contributed by atoms with Crippen molar-refractivity contribution in [2.75, 3.05) is 22.5 Å². The van der Waals surface area contributed by atoms with Crippen molar-refractivity contribution in [3.05, 3.63) is 50.2 Å². The molecule has 0 bridgehead atoms. The maximum absolute atomic E-state index is 13.1. The van der Waals surface area contributed by atoms with Gasteiger partial charge in [-0.1, -0.05) is 33.8 Å². The Bertz CT molecular complexity index is 1110. The van der Waals surface area contributed by atoms with E-state index in [-0.39, 0.29) is 48.6 Å². The average molecular weight is 458 g/mol. The van der Waals surface area contributed by atoms with Gasteiger partial charge in [0.2, 0.25) is 11.8 Å². The van der Waals surface area contributed by atoms with Crippen molar-refractivity contribution in [1.29, 1.82) is 0 Å². The number of H-pyrrole nitrogens is 1. The van der Waals surface area contributed by atoms with Crippen LogP contribution in [0.15, 0.2) is 27.8 Å². The lowest BCUT2D eigenvalue weighted by atomic mass is 10.1. The van der Waals surface area contributed by atoms with Crippen LogP contribution in [0.3, 0.4) is 0 Å². The molecule has 0 fully saturated rings. The molecule has 4 N–H and O–H groups in total. The van der Waals surface area contributed by atoms with E-state index in [1.807, 2.05) is 59.7 Å². The van der Waals surface area contributed by atoms with Crippen LogP contribution in [0.2, 0.25) is 0 Å². The number of benzene rings is 1. The van der Waals surface area contributed by atoms with Gasteiger partial charge in [-0.2, -0.15) is 0 Å².